The third kappa shape index (κ3) is 2.90. The van der Waals surface area contributed by atoms with Gasteiger partial charge in [0.25, 0.3) is 0 Å². The van der Waals surface area contributed by atoms with Gasteiger partial charge in [0, 0.05) is 18.7 Å². The standard InChI is InChI=1S/C13H22N4O/c1-9(2)18-13-5-12(15-8-16-13)17-7-11(6-14)4-10(17)3/h5,8-11H,4,6-7,14H2,1-3H3. The van der Waals surface area contributed by atoms with Crippen molar-refractivity contribution in [3.63, 3.8) is 0 Å². The van der Waals surface area contributed by atoms with Crippen molar-refractivity contribution in [2.24, 2.45) is 11.7 Å². The molecule has 0 radical (unpaired) electrons. The van der Waals surface area contributed by atoms with Crippen LogP contribution in [-0.4, -0.2) is 35.2 Å². The molecule has 1 aliphatic rings. The van der Waals surface area contributed by atoms with E-state index in [9.17, 15) is 0 Å². The molecular weight excluding hydrogens is 228 g/mol. The molecule has 2 rings (SSSR count). The van der Waals surface area contributed by atoms with Crippen LogP contribution in [0.1, 0.15) is 27.2 Å². The van der Waals surface area contributed by atoms with Crippen molar-refractivity contribution in [1.82, 2.24) is 9.97 Å². The first-order valence-corrected chi connectivity index (χ1v) is 6.55. The Kier molecular flexibility index (Phi) is 4.01. The summed E-state index contributed by atoms with van der Waals surface area (Å²) in [5.74, 6) is 2.13. The number of nitrogens with zero attached hydrogens (tertiary/aromatic N) is 3. The van der Waals surface area contributed by atoms with E-state index in [0.29, 0.717) is 17.8 Å². The number of aromatic nitrogens is 2. The van der Waals surface area contributed by atoms with Crippen molar-refractivity contribution in [3.05, 3.63) is 12.4 Å². The SMILES string of the molecule is CC(C)Oc1cc(N2CC(CN)CC2C)ncn1. The second kappa shape index (κ2) is 5.52. The van der Waals surface area contributed by atoms with Crippen LogP contribution in [0.3, 0.4) is 0 Å². The van der Waals surface area contributed by atoms with Gasteiger partial charge < -0.3 is 15.4 Å². The molecule has 1 aromatic rings. The lowest BCUT2D eigenvalue weighted by Crippen LogP contribution is -2.28. The molecule has 0 saturated carbocycles. The highest BCUT2D eigenvalue weighted by Gasteiger charge is 2.29. The molecule has 2 N–H and O–H groups in total. The predicted molar refractivity (Wildman–Crippen MR) is 71.8 cm³/mol. The van der Waals surface area contributed by atoms with Crippen LogP contribution in [0.5, 0.6) is 5.88 Å². The van der Waals surface area contributed by atoms with Crippen molar-refractivity contribution >= 4 is 5.82 Å². The quantitative estimate of drug-likeness (QED) is 0.876. The maximum atomic E-state index is 5.75. The minimum absolute atomic E-state index is 0.126. The zero-order valence-electron chi connectivity index (χ0n) is 11.3. The van der Waals surface area contributed by atoms with Crippen LogP contribution in [-0.2, 0) is 0 Å². The van der Waals surface area contributed by atoms with E-state index in [4.69, 9.17) is 10.5 Å². The molecule has 5 heteroatoms. The van der Waals surface area contributed by atoms with Crippen LogP contribution in [0.15, 0.2) is 12.4 Å². The molecule has 1 aromatic heterocycles. The van der Waals surface area contributed by atoms with E-state index >= 15 is 0 Å². The predicted octanol–water partition coefficient (Wildman–Crippen LogP) is 1.44. The van der Waals surface area contributed by atoms with Crippen LogP contribution in [0, 0.1) is 5.92 Å². The minimum atomic E-state index is 0.126. The van der Waals surface area contributed by atoms with E-state index in [1.165, 1.54) is 0 Å². The maximum absolute atomic E-state index is 5.75. The molecular formula is C13H22N4O. The van der Waals surface area contributed by atoms with Crippen LogP contribution >= 0.6 is 0 Å². The summed E-state index contributed by atoms with van der Waals surface area (Å²) in [6.45, 7) is 7.90. The molecule has 2 unspecified atom stereocenters. The Morgan fingerprint density at radius 3 is 2.89 bits per heavy atom. The van der Waals surface area contributed by atoms with Crippen molar-refractivity contribution < 1.29 is 4.74 Å². The Morgan fingerprint density at radius 2 is 2.28 bits per heavy atom. The highest BCUT2D eigenvalue weighted by atomic mass is 16.5. The lowest BCUT2D eigenvalue weighted by Gasteiger charge is -2.22. The van der Waals surface area contributed by atoms with Gasteiger partial charge in [-0.15, -0.1) is 0 Å². The fraction of sp³-hybridized carbons (Fsp3) is 0.692. The van der Waals surface area contributed by atoms with Crippen molar-refractivity contribution in [2.45, 2.75) is 39.3 Å². The van der Waals surface area contributed by atoms with E-state index in [1.54, 1.807) is 6.33 Å². The normalized spacial score (nSPS) is 23.7. The molecule has 100 valence electrons. The largest absolute Gasteiger partial charge is 0.475 e. The third-order valence-corrected chi connectivity index (χ3v) is 3.27. The zero-order chi connectivity index (χ0) is 13.1. The number of hydrogen-bond acceptors (Lipinski definition) is 5. The molecule has 5 nitrogen and oxygen atoms in total. The van der Waals surface area contributed by atoms with Gasteiger partial charge in [-0.05, 0) is 39.7 Å². The van der Waals surface area contributed by atoms with Crippen molar-refractivity contribution in [1.29, 1.82) is 0 Å². The molecule has 1 saturated heterocycles. The smallest absolute Gasteiger partial charge is 0.218 e. The number of nitrogens with two attached hydrogens (primary N) is 1. The monoisotopic (exact) mass is 250 g/mol. The van der Waals surface area contributed by atoms with Gasteiger partial charge in [-0.1, -0.05) is 0 Å². The second-order valence-electron chi connectivity index (χ2n) is 5.22. The highest BCUT2D eigenvalue weighted by molar-refractivity contribution is 5.43. The number of ether oxygens (including phenoxy) is 1. The van der Waals surface area contributed by atoms with Crippen LogP contribution in [0.2, 0.25) is 0 Å². The third-order valence-electron chi connectivity index (χ3n) is 3.27. The minimum Gasteiger partial charge on any atom is -0.475 e. The Hall–Kier alpha value is -1.36. The summed E-state index contributed by atoms with van der Waals surface area (Å²) in [7, 11) is 0. The fourth-order valence-corrected chi connectivity index (χ4v) is 2.43. The molecule has 2 atom stereocenters. The summed E-state index contributed by atoms with van der Waals surface area (Å²) >= 11 is 0. The van der Waals surface area contributed by atoms with Gasteiger partial charge in [0.1, 0.15) is 12.1 Å². The molecule has 18 heavy (non-hydrogen) atoms. The summed E-state index contributed by atoms with van der Waals surface area (Å²) in [5, 5.41) is 0. The number of hydrogen-bond donors (Lipinski definition) is 1. The summed E-state index contributed by atoms with van der Waals surface area (Å²) in [6, 6.07) is 2.38. The van der Waals surface area contributed by atoms with Crippen LogP contribution < -0.4 is 15.4 Å². The molecule has 0 aliphatic carbocycles. The fourth-order valence-electron chi connectivity index (χ4n) is 2.43. The molecule has 0 bridgehead atoms. The van der Waals surface area contributed by atoms with Gasteiger partial charge in [-0.25, -0.2) is 9.97 Å². The summed E-state index contributed by atoms with van der Waals surface area (Å²) < 4.78 is 5.60. The van der Waals surface area contributed by atoms with Gasteiger partial charge in [0.2, 0.25) is 5.88 Å². The van der Waals surface area contributed by atoms with Gasteiger partial charge >= 0.3 is 0 Å². The molecule has 2 heterocycles. The van der Waals surface area contributed by atoms with Crippen LogP contribution in [0.25, 0.3) is 0 Å². The van der Waals surface area contributed by atoms with Gasteiger partial charge in [-0.3, -0.25) is 0 Å². The summed E-state index contributed by atoms with van der Waals surface area (Å²) in [5.41, 5.74) is 5.75. The molecule has 0 amide bonds. The Bertz CT molecular complexity index is 396. The van der Waals surface area contributed by atoms with Crippen molar-refractivity contribution in [2.75, 3.05) is 18.0 Å². The highest BCUT2D eigenvalue weighted by Crippen LogP contribution is 2.28. The van der Waals surface area contributed by atoms with E-state index in [0.717, 1.165) is 25.3 Å². The second-order valence-corrected chi connectivity index (χ2v) is 5.22. The Labute approximate surface area is 108 Å². The average Bonchev–Trinajstić information content (AvgIpc) is 2.70. The van der Waals surface area contributed by atoms with E-state index in [2.05, 4.69) is 21.8 Å². The first-order chi connectivity index (χ1) is 8.60. The Morgan fingerprint density at radius 1 is 1.50 bits per heavy atom. The number of anilines is 1. The Balaban J connectivity index is 2.13. The van der Waals surface area contributed by atoms with Crippen molar-refractivity contribution in [3.8, 4) is 5.88 Å². The van der Waals surface area contributed by atoms with E-state index < -0.39 is 0 Å². The molecule has 1 aliphatic heterocycles. The average molecular weight is 250 g/mol. The first-order valence-electron chi connectivity index (χ1n) is 6.55. The van der Waals surface area contributed by atoms with Gasteiger partial charge in [0.05, 0.1) is 6.10 Å². The lowest BCUT2D eigenvalue weighted by atomic mass is 10.1. The zero-order valence-corrected chi connectivity index (χ0v) is 11.3. The summed E-state index contributed by atoms with van der Waals surface area (Å²) in [4.78, 5) is 10.8. The van der Waals surface area contributed by atoms with Gasteiger partial charge in [-0.2, -0.15) is 0 Å². The lowest BCUT2D eigenvalue weighted by molar-refractivity contribution is 0.232. The summed E-state index contributed by atoms with van der Waals surface area (Å²) in [6.07, 6.45) is 2.82. The molecule has 0 spiro atoms. The van der Waals surface area contributed by atoms with Gasteiger partial charge in [0.15, 0.2) is 0 Å². The first kappa shape index (κ1) is 13.1. The maximum Gasteiger partial charge on any atom is 0.218 e. The molecule has 1 fully saturated rings. The number of rotatable bonds is 4. The van der Waals surface area contributed by atoms with E-state index in [1.807, 2.05) is 19.9 Å². The topological polar surface area (TPSA) is 64.3 Å². The molecule has 0 aromatic carbocycles. The van der Waals surface area contributed by atoms with Crippen LogP contribution in [0.4, 0.5) is 5.82 Å². The van der Waals surface area contributed by atoms with E-state index in [-0.39, 0.29) is 6.10 Å².